The molecule has 0 N–H and O–H groups in total. The lowest BCUT2D eigenvalue weighted by Gasteiger charge is -2.21. The third-order valence-electron chi connectivity index (χ3n) is 6.34. The zero-order valence-electron chi connectivity index (χ0n) is 20.2. The maximum absolute atomic E-state index is 6.45. The second kappa shape index (κ2) is 9.60. The minimum Gasteiger partial charge on any atom is -0.440 e. The second-order valence-electron chi connectivity index (χ2n) is 9.09. The smallest absolute Gasteiger partial charge is 0.195 e. The SMILES string of the molecule is Cc1cc(C)c(-c2oc(CCCN3C=CN(c4ccccc4)C3)nc2-c2ccccc2)c(C)c1. The fourth-order valence-electron chi connectivity index (χ4n) is 4.80. The fraction of sp³-hybridized carbons (Fsp3) is 0.233. The van der Waals surface area contributed by atoms with E-state index >= 15 is 0 Å². The van der Waals surface area contributed by atoms with Gasteiger partial charge < -0.3 is 14.2 Å². The number of oxazole rings is 1. The maximum atomic E-state index is 6.45. The molecule has 0 unspecified atom stereocenters. The number of hydrogen-bond donors (Lipinski definition) is 0. The molecular weight excluding hydrogens is 418 g/mol. The molecule has 4 heteroatoms. The molecule has 1 aliphatic rings. The Hall–Kier alpha value is -3.79. The summed E-state index contributed by atoms with van der Waals surface area (Å²) in [6.07, 6.45) is 6.10. The number of hydrogen-bond acceptors (Lipinski definition) is 4. The number of rotatable bonds is 7. The first-order valence-corrected chi connectivity index (χ1v) is 12.0. The molecular formula is C30H31N3O. The van der Waals surface area contributed by atoms with Crippen LogP contribution in [0.5, 0.6) is 0 Å². The fourth-order valence-corrected chi connectivity index (χ4v) is 4.80. The Kier molecular flexibility index (Phi) is 6.22. The van der Waals surface area contributed by atoms with Crippen molar-refractivity contribution < 1.29 is 4.42 Å². The lowest BCUT2D eigenvalue weighted by atomic mass is 9.95. The zero-order valence-corrected chi connectivity index (χ0v) is 20.2. The van der Waals surface area contributed by atoms with E-state index in [-0.39, 0.29) is 0 Å². The molecule has 1 aliphatic heterocycles. The van der Waals surface area contributed by atoms with Gasteiger partial charge in [0, 0.05) is 42.2 Å². The Morgan fingerprint density at radius 3 is 2.24 bits per heavy atom. The van der Waals surface area contributed by atoms with Gasteiger partial charge in [-0.25, -0.2) is 4.98 Å². The number of aryl methyl sites for hydroxylation is 4. The molecule has 0 radical (unpaired) electrons. The first-order valence-electron chi connectivity index (χ1n) is 12.0. The van der Waals surface area contributed by atoms with Crippen molar-refractivity contribution in [3.05, 3.63) is 108 Å². The van der Waals surface area contributed by atoms with Crippen LogP contribution in [0.3, 0.4) is 0 Å². The summed E-state index contributed by atoms with van der Waals surface area (Å²) in [6, 6.07) is 25.3. The molecule has 34 heavy (non-hydrogen) atoms. The van der Waals surface area contributed by atoms with E-state index in [1.54, 1.807) is 0 Å². The van der Waals surface area contributed by atoms with Gasteiger partial charge in [-0.15, -0.1) is 0 Å². The Morgan fingerprint density at radius 1 is 0.853 bits per heavy atom. The van der Waals surface area contributed by atoms with Gasteiger partial charge in [0.1, 0.15) is 5.69 Å². The van der Waals surface area contributed by atoms with Crippen molar-refractivity contribution in [1.82, 2.24) is 9.88 Å². The van der Waals surface area contributed by atoms with Crippen LogP contribution in [0.25, 0.3) is 22.6 Å². The topological polar surface area (TPSA) is 32.5 Å². The molecule has 0 aliphatic carbocycles. The van der Waals surface area contributed by atoms with Crippen LogP contribution in [0, 0.1) is 20.8 Å². The Morgan fingerprint density at radius 2 is 1.53 bits per heavy atom. The average molecular weight is 450 g/mol. The molecule has 5 rings (SSSR count). The van der Waals surface area contributed by atoms with Crippen LogP contribution < -0.4 is 4.90 Å². The molecule has 0 atom stereocenters. The Balaban J connectivity index is 1.33. The molecule has 0 bridgehead atoms. The van der Waals surface area contributed by atoms with Crippen LogP contribution in [0.1, 0.15) is 29.0 Å². The van der Waals surface area contributed by atoms with Crippen LogP contribution in [-0.4, -0.2) is 23.1 Å². The molecule has 0 saturated heterocycles. The summed E-state index contributed by atoms with van der Waals surface area (Å²) in [5, 5.41) is 0. The summed E-state index contributed by atoms with van der Waals surface area (Å²) < 4.78 is 6.45. The van der Waals surface area contributed by atoms with Crippen LogP contribution in [0.4, 0.5) is 5.69 Å². The molecule has 172 valence electrons. The molecule has 1 aromatic heterocycles. The van der Waals surface area contributed by atoms with Gasteiger partial charge in [0.15, 0.2) is 11.7 Å². The van der Waals surface area contributed by atoms with Gasteiger partial charge in [-0.3, -0.25) is 0 Å². The molecule has 3 aromatic carbocycles. The Bertz CT molecular complexity index is 1270. The third kappa shape index (κ3) is 4.62. The molecule has 4 aromatic rings. The summed E-state index contributed by atoms with van der Waals surface area (Å²) in [5.74, 6) is 1.68. The monoisotopic (exact) mass is 449 g/mol. The Labute approximate surface area is 202 Å². The number of para-hydroxylation sites is 1. The van der Waals surface area contributed by atoms with Gasteiger partial charge >= 0.3 is 0 Å². The zero-order chi connectivity index (χ0) is 23.5. The number of nitrogens with zero attached hydrogens (tertiary/aromatic N) is 3. The minimum absolute atomic E-state index is 0.802. The highest BCUT2D eigenvalue weighted by Gasteiger charge is 2.21. The lowest BCUT2D eigenvalue weighted by molar-refractivity contribution is 0.386. The van der Waals surface area contributed by atoms with Crippen molar-refractivity contribution in [3.63, 3.8) is 0 Å². The second-order valence-corrected chi connectivity index (χ2v) is 9.09. The summed E-state index contributed by atoms with van der Waals surface area (Å²) in [5.41, 5.74) is 8.11. The van der Waals surface area contributed by atoms with Crippen molar-refractivity contribution in [2.75, 3.05) is 18.1 Å². The van der Waals surface area contributed by atoms with Crippen LogP contribution in [0.2, 0.25) is 0 Å². The molecule has 0 amide bonds. The van der Waals surface area contributed by atoms with Crippen molar-refractivity contribution in [3.8, 4) is 22.6 Å². The lowest BCUT2D eigenvalue weighted by Crippen LogP contribution is -2.25. The van der Waals surface area contributed by atoms with Gasteiger partial charge in [0.05, 0.1) is 6.67 Å². The molecule has 0 saturated carbocycles. The molecule has 0 fully saturated rings. The third-order valence-corrected chi connectivity index (χ3v) is 6.34. The first kappa shape index (κ1) is 22.0. The largest absolute Gasteiger partial charge is 0.440 e. The molecule has 0 spiro atoms. The van der Waals surface area contributed by atoms with Crippen molar-refractivity contribution in [2.24, 2.45) is 0 Å². The van der Waals surface area contributed by atoms with E-state index in [1.165, 1.54) is 22.4 Å². The highest BCUT2D eigenvalue weighted by molar-refractivity contribution is 5.80. The maximum Gasteiger partial charge on any atom is 0.195 e. The van der Waals surface area contributed by atoms with E-state index in [0.29, 0.717) is 0 Å². The number of benzene rings is 3. The van der Waals surface area contributed by atoms with E-state index in [1.807, 2.05) is 6.07 Å². The van der Waals surface area contributed by atoms with Crippen LogP contribution in [0.15, 0.2) is 89.6 Å². The van der Waals surface area contributed by atoms with Gasteiger partial charge in [-0.1, -0.05) is 66.2 Å². The number of anilines is 1. The van der Waals surface area contributed by atoms with E-state index in [2.05, 4.69) is 110 Å². The van der Waals surface area contributed by atoms with Gasteiger partial charge in [0.2, 0.25) is 0 Å². The molecule has 4 nitrogen and oxygen atoms in total. The summed E-state index contributed by atoms with van der Waals surface area (Å²) in [6.45, 7) is 8.28. The predicted molar refractivity (Wildman–Crippen MR) is 140 cm³/mol. The summed E-state index contributed by atoms with van der Waals surface area (Å²) in [7, 11) is 0. The van der Waals surface area contributed by atoms with E-state index in [0.717, 1.165) is 54.5 Å². The van der Waals surface area contributed by atoms with Crippen molar-refractivity contribution in [1.29, 1.82) is 0 Å². The first-order chi connectivity index (χ1) is 16.6. The number of aromatic nitrogens is 1. The predicted octanol–water partition coefficient (Wildman–Crippen LogP) is 7.12. The van der Waals surface area contributed by atoms with Crippen LogP contribution in [-0.2, 0) is 6.42 Å². The summed E-state index contributed by atoms with van der Waals surface area (Å²) in [4.78, 5) is 9.57. The van der Waals surface area contributed by atoms with Gasteiger partial charge in [-0.2, -0.15) is 0 Å². The average Bonchev–Trinajstić information content (AvgIpc) is 3.47. The highest BCUT2D eigenvalue weighted by Crippen LogP contribution is 2.37. The van der Waals surface area contributed by atoms with Crippen molar-refractivity contribution in [2.45, 2.75) is 33.6 Å². The molecule has 2 heterocycles. The van der Waals surface area contributed by atoms with Gasteiger partial charge in [0.25, 0.3) is 0 Å². The highest BCUT2D eigenvalue weighted by atomic mass is 16.4. The standard InChI is InChI=1S/C30H31N3O/c1-22-19-23(2)28(24(3)20-22)30-29(25-11-6-4-7-12-25)31-27(34-30)15-10-16-32-17-18-33(21-32)26-13-8-5-9-14-26/h4-9,11-14,17-20H,10,15-16,21H2,1-3H3. The minimum atomic E-state index is 0.802. The van der Waals surface area contributed by atoms with E-state index in [4.69, 9.17) is 9.40 Å². The normalized spacial score (nSPS) is 13.1. The quantitative estimate of drug-likeness (QED) is 0.301. The van der Waals surface area contributed by atoms with E-state index in [9.17, 15) is 0 Å². The van der Waals surface area contributed by atoms with Gasteiger partial charge in [-0.05, 0) is 50.5 Å². The van der Waals surface area contributed by atoms with E-state index < -0.39 is 0 Å². The van der Waals surface area contributed by atoms with Crippen molar-refractivity contribution >= 4 is 5.69 Å². The van der Waals surface area contributed by atoms with Crippen LogP contribution >= 0.6 is 0 Å². The summed E-state index contributed by atoms with van der Waals surface area (Å²) >= 11 is 0.